The molecule has 0 atom stereocenters. The highest BCUT2D eigenvalue weighted by Crippen LogP contribution is 2.01. The second kappa shape index (κ2) is 5.85. The number of alkyl carbamates (subject to hydrolysis) is 1. The molecule has 5 nitrogen and oxygen atoms in total. The molecule has 0 aliphatic carbocycles. The maximum absolute atomic E-state index is 11.1. The highest BCUT2D eigenvalue weighted by Gasteiger charge is 2.28. The second-order valence-electron chi connectivity index (χ2n) is 3.26. The van der Waals surface area contributed by atoms with Crippen LogP contribution in [-0.4, -0.2) is 29.5 Å². The Bertz CT molecular complexity index is 219. The van der Waals surface area contributed by atoms with E-state index < -0.39 is 17.5 Å². The van der Waals surface area contributed by atoms with Crippen molar-refractivity contribution >= 4 is 27.9 Å². The maximum atomic E-state index is 11.1. The number of halogens is 1. The van der Waals surface area contributed by atoms with Gasteiger partial charge in [0.05, 0.1) is 6.61 Å². The molecule has 0 unspecified atom stereocenters. The lowest BCUT2D eigenvalue weighted by Gasteiger charge is -2.20. The molecular weight excluding hydrogens is 252 g/mol. The Balaban J connectivity index is 3.88. The van der Waals surface area contributed by atoms with Crippen LogP contribution < -0.4 is 11.1 Å². The van der Waals surface area contributed by atoms with Crippen molar-refractivity contribution in [3.8, 4) is 0 Å². The molecule has 0 fully saturated rings. The molecule has 0 aromatic rings. The summed E-state index contributed by atoms with van der Waals surface area (Å²) in [5.74, 6) is -0.852. The molecule has 2 N–H and O–H groups in total. The fraction of sp³-hybridized carbons (Fsp3) is 0.750. The lowest BCUT2D eigenvalue weighted by Crippen LogP contribution is -2.50. The zero-order valence-electron chi connectivity index (χ0n) is 8.22. The summed E-state index contributed by atoms with van der Waals surface area (Å²) in [6, 6.07) is 0. The van der Waals surface area contributed by atoms with E-state index >= 15 is 0 Å². The van der Waals surface area contributed by atoms with Crippen LogP contribution >= 0.6 is 15.9 Å². The Morgan fingerprint density at radius 3 is 2.50 bits per heavy atom. The zero-order valence-corrected chi connectivity index (χ0v) is 9.81. The van der Waals surface area contributed by atoms with Crippen molar-refractivity contribution in [3.05, 3.63) is 0 Å². The van der Waals surface area contributed by atoms with Crippen molar-refractivity contribution in [2.45, 2.75) is 25.8 Å². The van der Waals surface area contributed by atoms with Crippen LogP contribution in [0.2, 0.25) is 0 Å². The van der Waals surface area contributed by atoms with Crippen molar-refractivity contribution in [2.24, 2.45) is 0 Å². The third-order valence-corrected chi connectivity index (χ3v) is 2.05. The molecule has 81 valence electrons. The van der Waals surface area contributed by atoms with Gasteiger partial charge in [0, 0.05) is 5.33 Å². The number of hydrogen-bond donors (Lipinski definition) is 1. The van der Waals surface area contributed by atoms with E-state index in [4.69, 9.17) is 10.5 Å². The van der Waals surface area contributed by atoms with E-state index in [1.807, 2.05) is 0 Å². The number of rotatable bonds is 5. The van der Waals surface area contributed by atoms with Gasteiger partial charge < -0.3 is 10.1 Å². The van der Waals surface area contributed by atoms with E-state index in [-0.39, 0.29) is 0 Å². The molecule has 2 amide bonds. The number of alkyl halides is 1. The van der Waals surface area contributed by atoms with Crippen LogP contribution in [0, 0.1) is 0 Å². The number of hydrogen-bond acceptors (Lipinski definition) is 3. The number of carbonyl (C=O) groups is 2. The number of nitrogens with one attached hydrogen (secondary N) is 2. The molecule has 0 rings (SSSR count). The third-order valence-electron chi connectivity index (χ3n) is 1.49. The summed E-state index contributed by atoms with van der Waals surface area (Å²) in [5.41, 5.74) is 5.68. The van der Waals surface area contributed by atoms with E-state index in [9.17, 15) is 9.59 Å². The third kappa shape index (κ3) is 5.06. The fourth-order valence-electron chi connectivity index (χ4n) is 0.567. The predicted octanol–water partition coefficient (Wildman–Crippen LogP) is 1.09. The molecule has 6 heteroatoms. The van der Waals surface area contributed by atoms with E-state index in [0.29, 0.717) is 13.0 Å². The average molecular weight is 266 g/mol. The topological polar surface area (TPSA) is 79.2 Å². The molecule has 0 bridgehead atoms. The maximum Gasteiger partial charge on any atom is 0.407 e. The summed E-state index contributed by atoms with van der Waals surface area (Å²) in [6.45, 7) is 3.20. The molecule has 0 spiro atoms. The molecule has 1 radical (unpaired) electrons. The number of carbonyl (C=O) groups excluding carboxylic acids is 2. The molecule has 14 heavy (non-hydrogen) atoms. The summed E-state index contributed by atoms with van der Waals surface area (Å²) in [6.07, 6.45) is 0.0411. The van der Waals surface area contributed by atoms with Crippen LogP contribution in [0.3, 0.4) is 0 Å². The van der Waals surface area contributed by atoms with Gasteiger partial charge >= 0.3 is 6.09 Å². The van der Waals surface area contributed by atoms with Crippen molar-refractivity contribution in [3.63, 3.8) is 0 Å². The molecule has 0 saturated carbocycles. The molecule has 0 saturated heterocycles. The van der Waals surface area contributed by atoms with Crippen molar-refractivity contribution in [1.29, 1.82) is 0 Å². The summed E-state index contributed by atoms with van der Waals surface area (Å²) < 4.78 is 4.75. The highest BCUT2D eigenvalue weighted by atomic mass is 79.9. The normalized spacial score (nSPS) is 10.8. The SMILES string of the molecule is CC(C)(NC(=O)OCCCBr)C([NH])=O. The minimum absolute atomic E-state index is 0.291. The van der Waals surface area contributed by atoms with Gasteiger partial charge in [-0.3, -0.25) is 10.5 Å². The van der Waals surface area contributed by atoms with E-state index in [1.165, 1.54) is 13.8 Å². The first-order valence-corrected chi connectivity index (χ1v) is 5.29. The lowest BCUT2D eigenvalue weighted by molar-refractivity contribution is -0.123. The molecule has 0 aliphatic heterocycles. The molecule has 0 aromatic carbocycles. The Hall–Kier alpha value is -0.780. The molecule has 0 aromatic heterocycles. The second-order valence-corrected chi connectivity index (χ2v) is 4.05. The van der Waals surface area contributed by atoms with Crippen LogP contribution in [0.4, 0.5) is 4.79 Å². The average Bonchev–Trinajstić information content (AvgIpc) is 2.03. The Morgan fingerprint density at radius 1 is 1.50 bits per heavy atom. The highest BCUT2D eigenvalue weighted by molar-refractivity contribution is 9.09. The van der Waals surface area contributed by atoms with Gasteiger partial charge in [0.25, 0.3) is 5.91 Å². The van der Waals surface area contributed by atoms with Gasteiger partial charge in [0.2, 0.25) is 0 Å². The van der Waals surface area contributed by atoms with Gasteiger partial charge in [-0.2, -0.15) is 0 Å². The zero-order chi connectivity index (χ0) is 11.2. The largest absolute Gasteiger partial charge is 0.450 e. The van der Waals surface area contributed by atoms with Gasteiger partial charge in [0.1, 0.15) is 5.54 Å². The van der Waals surface area contributed by atoms with E-state index in [0.717, 1.165) is 5.33 Å². The molecule has 0 aliphatic rings. The van der Waals surface area contributed by atoms with Crippen molar-refractivity contribution < 1.29 is 14.3 Å². The smallest absolute Gasteiger partial charge is 0.407 e. The minimum Gasteiger partial charge on any atom is -0.450 e. The number of amides is 2. The van der Waals surface area contributed by atoms with E-state index in [2.05, 4.69) is 21.2 Å². The minimum atomic E-state index is -1.19. The first-order chi connectivity index (χ1) is 6.40. The fourth-order valence-corrected chi connectivity index (χ4v) is 0.796. The standard InChI is InChI=1S/C8H14BrN2O3/c1-8(2,6(10)12)11-7(13)14-5-3-4-9/h10H,3-5H2,1-2H3,(H,11,13). The molecular formula is C8H14BrN2O3. The van der Waals surface area contributed by atoms with Crippen LogP contribution in [0.15, 0.2) is 0 Å². The van der Waals surface area contributed by atoms with Crippen LogP contribution in [0.5, 0.6) is 0 Å². The van der Waals surface area contributed by atoms with Gasteiger partial charge in [-0.25, -0.2) is 4.79 Å². The molecule has 0 heterocycles. The lowest BCUT2D eigenvalue weighted by atomic mass is 10.1. The first-order valence-electron chi connectivity index (χ1n) is 4.17. The van der Waals surface area contributed by atoms with Gasteiger partial charge in [-0.1, -0.05) is 15.9 Å². The van der Waals surface area contributed by atoms with Gasteiger partial charge in [0.15, 0.2) is 0 Å². The summed E-state index contributed by atoms with van der Waals surface area (Å²) in [7, 11) is 0. The van der Waals surface area contributed by atoms with Crippen molar-refractivity contribution in [2.75, 3.05) is 11.9 Å². The number of ether oxygens (including phenoxy) is 1. The monoisotopic (exact) mass is 265 g/mol. The van der Waals surface area contributed by atoms with Gasteiger partial charge in [-0.15, -0.1) is 0 Å². The van der Waals surface area contributed by atoms with Gasteiger partial charge in [-0.05, 0) is 20.3 Å². The van der Waals surface area contributed by atoms with E-state index in [1.54, 1.807) is 0 Å². The van der Waals surface area contributed by atoms with Crippen LogP contribution in [0.1, 0.15) is 20.3 Å². The summed E-state index contributed by atoms with van der Waals surface area (Å²) >= 11 is 3.19. The Morgan fingerprint density at radius 2 is 2.07 bits per heavy atom. The summed E-state index contributed by atoms with van der Waals surface area (Å²) in [4.78, 5) is 21.8. The quantitative estimate of drug-likeness (QED) is 0.597. The van der Waals surface area contributed by atoms with Crippen molar-refractivity contribution in [1.82, 2.24) is 11.1 Å². The first kappa shape index (κ1) is 13.2. The Kier molecular flexibility index (Phi) is 5.52. The predicted molar refractivity (Wildman–Crippen MR) is 55.1 cm³/mol. The van der Waals surface area contributed by atoms with Crippen LogP contribution in [0.25, 0.3) is 0 Å². The Labute approximate surface area is 91.5 Å². The van der Waals surface area contributed by atoms with Crippen LogP contribution in [-0.2, 0) is 9.53 Å². The summed E-state index contributed by atoms with van der Waals surface area (Å²) in [5, 5.41) is 3.05.